The summed E-state index contributed by atoms with van der Waals surface area (Å²) in [5.74, 6) is -0.723. The zero-order valence-corrected chi connectivity index (χ0v) is 12.2. The van der Waals surface area contributed by atoms with Crippen LogP contribution in [0.1, 0.15) is 34.8 Å². The van der Waals surface area contributed by atoms with E-state index < -0.39 is 5.91 Å². The largest absolute Gasteiger partial charge is 0.366 e. The van der Waals surface area contributed by atoms with Crippen LogP contribution in [-0.4, -0.2) is 11.8 Å². The lowest BCUT2D eigenvalue weighted by atomic mass is 10.0. The Kier molecular flexibility index (Phi) is 5.08. The average Bonchev–Trinajstić information content (AvgIpc) is 2.94. The van der Waals surface area contributed by atoms with Crippen molar-refractivity contribution in [3.05, 3.63) is 52.9 Å². The molecule has 110 valence electrons. The number of amides is 2. The SMILES string of the molecule is NC(=O)c1ccsc1NC(=O)CCC(N)c1ccccc1. The van der Waals surface area contributed by atoms with E-state index in [1.54, 1.807) is 11.4 Å². The molecule has 0 radical (unpaired) electrons. The molecule has 0 saturated heterocycles. The number of anilines is 1. The summed E-state index contributed by atoms with van der Waals surface area (Å²) in [5, 5.41) is 4.90. The van der Waals surface area contributed by atoms with E-state index in [4.69, 9.17) is 11.5 Å². The van der Waals surface area contributed by atoms with Crippen molar-refractivity contribution in [2.45, 2.75) is 18.9 Å². The predicted octanol–water partition coefficient (Wildman–Crippen LogP) is 2.27. The maximum atomic E-state index is 11.9. The minimum Gasteiger partial charge on any atom is -0.366 e. The molecule has 0 saturated carbocycles. The Morgan fingerprint density at radius 1 is 1.19 bits per heavy atom. The molecule has 0 bridgehead atoms. The van der Waals surface area contributed by atoms with Gasteiger partial charge in [0.15, 0.2) is 0 Å². The molecular weight excluding hydrogens is 286 g/mol. The molecule has 0 aliphatic rings. The molecule has 0 aliphatic carbocycles. The molecule has 2 aromatic rings. The molecule has 1 heterocycles. The van der Waals surface area contributed by atoms with Gasteiger partial charge in [-0.2, -0.15) is 0 Å². The number of thiophene rings is 1. The van der Waals surface area contributed by atoms with E-state index in [-0.39, 0.29) is 18.4 Å². The van der Waals surface area contributed by atoms with Crippen LogP contribution in [0.15, 0.2) is 41.8 Å². The van der Waals surface area contributed by atoms with E-state index >= 15 is 0 Å². The van der Waals surface area contributed by atoms with Crippen molar-refractivity contribution in [2.24, 2.45) is 11.5 Å². The van der Waals surface area contributed by atoms with Crippen LogP contribution >= 0.6 is 11.3 Å². The van der Waals surface area contributed by atoms with Gasteiger partial charge >= 0.3 is 0 Å². The van der Waals surface area contributed by atoms with E-state index in [9.17, 15) is 9.59 Å². The van der Waals surface area contributed by atoms with Gasteiger partial charge in [0.25, 0.3) is 5.91 Å². The molecule has 5 N–H and O–H groups in total. The number of benzene rings is 1. The molecule has 1 aromatic carbocycles. The van der Waals surface area contributed by atoms with Gasteiger partial charge in [-0.05, 0) is 23.4 Å². The minimum atomic E-state index is -0.549. The van der Waals surface area contributed by atoms with Crippen molar-refractivity contribution >= 4 is 28.2 Å². The second-order valence-corrected chi connectivity index (χ2v) is 5.55. The Labute approximate surface area is 127 Å². The van der Waals surface area contributed by atoms with E-state index in [0.717, 1.165) is 5.56 Å². The summed E-state index contributed by atoms with van der Waals surface area (Å²) in [6, 6.07) is 11.0. The average molecular weight is 303 g/mol. The summed E-state index contributed by atoms with van der Waals surface area (Å²) >= 11 is 1.27. The topological polar surface area (TPSA) is 98.2 Å². The number of hydrogen-bond donors (Lipinski definition) is 3. The zero-order valence-electron chi connectivity index (χ0n) is 11.4. The fourth-order valence-corrected chi connectivity index (χ4v) is 2.75. The normalized spacial score (nSPS) is 11.9. The molecule has 0 fully saturated rings. The van der Waals surface area contributed by atoms with Crippen LogP contribution in [0.25, 0.3) is 0 Å². The molecule has 0 spiro atoms. The molecule has 2 amide bonds. The van der Waals surface area contributed by atoms with Gasteiger partial charge in [0, 0.05) is 12.5 Å². The van der Waals surface area contributed by atoms with Crippen LogP contribution in [0.5, 0.6) is 0 Å². The first-order valence-electron chi connectivity index (χ1n) is 6.55. The van der Waals surface area contributed by atoms with Crippen molar-refractivity contribution in [2.75, 3.05) is 5.32 Å². The highest BCUT2D eigenvalue weighted by molar-refractivity contribution is 7.14. The Morgan fingerprint density at radius 2 is 1.90 bits per heavy atom. The van der Waals surface area contributed by atoms with E-state index in [1.165, 1.54) is 11.3 Å². The quantitative estimate of drug-likeness (QED) is 0.763. The fraction of sp³-hybridized carbons (Fsp3) is 0.200. The van der Waals surface area contributed by atoms with Gasteiger partial charge in [-0.3, -0.25) is 9.59 Å². The van der Waals surface area contributed by atoms with Crippen LogP contribution in [0.3, 0.4) is 0 Å². The third-order valence-corrected chi connectivity index (χ3v) is 3.92. The first kappa shape index (κ1) is 15.2. The first-order valence-corrected chi connectivity index (χ1v) is 7.43. The van der Waals surface area contributed by atoms with Crippen LogP contribution in [0, 0.1) is 0 Å². The number of carbonyl (C=O) groups excluding carboxylic acids is 2. The third kappa shape index (κ3) is 4.14. The molecule has 6 heteroatoms. The number of carbonyl (C=O) groups is 2. The van der Waals surface area contributed by atoms with Crippen LogP contribution in [-0.2, 0) is 4.79 Å². The van der Waals surface area contributed by atoms with Crippen molar-refractivity contribution in [1.82, 2.24) is 0 Å². The van der Waals surface area contributed by atoms with Crippen molar-refractivity contribution < 1.29 is 9.59 Å². The van der Waals surface area contributed by atoms with Crippen molar-refractivity contribution in [3.63, 3.8) is 0 Å². The standard InChI is InChI=1S/C15H17N3O2S/c16-12(10-4-2-1-3-5-10)6-7-13(19)18-15-11(14(17)20)8-9-21-15/h1-5,8-9,12H,6-7,16H2,(H2,17,20)(H,18,19). The Bertz CT molecular complexity index is 625. The van der Waals surface area contributed by atoms with Gasteiger partial charge in [0.1, 0.15) is 5.00 Å². The molecule has 5 nitrogen and oxygen atoms in total. The Morgan fingerprint density at radius 3 is 2.57 bits per heavy atom. The van der Waals surface area contributed by atoms with Gasteiger partial charge in [0.2, 0.25) is 5.91 Å². The monoisotopic (exact) mass is 303 g/mol. The van der Waals surface area contributed by atoms with E-state index in [2.05, 4.69) is 5.32 Å². The highest BCUT2D eigenvalue weighted by Gasteiger charge is 2.13. The molecule has 21 heavy (non-hydrogen) atoms. The number of primary amides is 1. The molecule has 1 atom stereocenters. The molecule has 0 aliphatic heterocycles. The third-order valence-electron chi connectivity index (χ3n) is 3.09. The van der Waals surface area contributed by atoms with E-state index in [0.29, 0.717) is 17.0 Å². The first-order chi connectivity index (χ1) is 10.1. The fourth-order valence-electron chi connectivity index (χ4n) is 1.94. The van der Waals surface area contributed by atoms with Crippen molar-refractivity contribution in [1.29, 1.82) is 0 Å². The minimum absolute atomic E-state index is 0.175. The lowest BCUT2D eigenvalue weighted by Gasteiger charge is -2.11. The van der Waals surface area contributed by atoms with Gasteiger partial charge in [-0.1, -0.05) is 30.3 Å². The van der Waals surface area contributed by atoms with Crippen LogP contribution < -0.4 is 16.8 Å². The second kappa shape index (κ2) is 7.01. The van der Waals surface area contributed by atoms with Crippen LogP contribution in [0.4, 0.5) is 5.00 Å². The number of nitrogens with one attached hydrogen (secondary N) is 1. The smallest absolute Gasteiger partial charge is 0.251 e. The van der Waals surface area contributed by atoms with Gasteiger partial charge in [-0.25, -0.2) is 0 Å². The Balaban J connectivity index is 1.88. The highest BCUT2D eigenvalue weighted by Crippen LogP contribution is 2.23. The summed E-state index contributed by atoms with van der Waals surface area (Å²) in [4.78, 5) is 23.1. The number of hydrogen-bond acceptors (Lipinski definition) is 4. The van der Waals surface area contributed by atoms with Crippen LogP contribution in [0.2, 0.25) is 0 Å². The summed E-state index contributed by atoms with van der Waals surface area (Å²) in [6.45, 7) is 0. The highest BCUT2D eigenvalue weighted by atomic mass is 32.1. The maximum Gasteiger partial charge on any atom is 0.251 e. The molecule has 1 unspecified atom stereocenters. The predicted molar refractivity (Wildman–Crippen MR) is 84.1 cm³/mol. The summed E-state index contributed by atoms with van der Waals surface area (Å²) in [7, 11) is 0. The Hall–Kier alpha value is -2.18. The number of rotatable bonds is 6. The second-order valence-electron chi connectivity index (χ2n) is 4.63. The zero-order chi connectivity index (χ0) is 15.2. The molecule has 2 rings (SSSR count). The molecular formula is C15H17N3O2S. The molecule has 1 aromatic heterocycles. The van der Waals surface area contributed by atoms with E-state index in [1.807, 2.05) is 30.3 Å². The lowest BCUT2D eigenvalue weighted by Crippen LogP contribution is -2.18. The maximum absolute atomic E-state index is 11.9. The van der Waals surface area contributed by atoms with Gasteiger partial charge in [0.05, 0.1) is 5.56 Å². The lowest BCUT2D eigenvalue weighted by molar-refractivity contribution is -0.116. The number of nitrogens with two attached hydrogens (primary N) is 2. The summed E-state index contributed by atoms with van der Waals surface area (Å²) < 4.78 is 0. The van der Waals surface area contributed by atoms with Crippen molar-refractivity contribution in [3.8, 4) is 0 Å². The van der Waals surface area contributed by atoms with Gasteiger partial charge in [-0.15, -0.1) is 11.3 Å². The summed E-state index contributed by atoms with van der Waals surface area (Å²) in [6.07, 6.45) is 0.819. The van der Waals surface area contributed by atoms with Gasteiger partial charge < -0.3 is 16.8 Å². The summed E-state index contributed by atoms with van der Waals surface area (Å²) in [5.41, 5.74) is 12.6.